The van der Waals surface area contributed by atoms with Crippen LogP contribution in [-0.4, -0.2) is 27.3 Å². The van der Waals surface area contributed by atoms with Gasteiger partial charge < -0.3 is 4.57 Å². The molecule has 0 amide bonds. The van der Waals surface area contributed by atoms with Crippen molar-refractivity contribution < 1.29 is 0 Å². The molecule has 0 aromatic carbocycles. The highest BCUT2D eigenvalue weighted by molar-refractivity contribution is 8.02. The highest BCUT2D eigenvalue weighted by atomic mass is 35.5. The van der Waals surface area contributed by atoms with E-state index in [0.29, 0.717) is 5.88 Å². The van der Waals surface area contributed by atoms with Crippen LogP contribution < -0.4 is 0 Å². The Morgan fingerprint density at radius 3 is 2.85 bits per heavy atom. The van der Waals surface area contributed by atoms with E-state index in [-0.39, 0.29) is 0 Å². The second-order valence-corrected chi connectivity index (χ2v) is 4.88. The molecular formula is C8H13ClN2S2. The fraction of sp³-hybridized carbons (Fsp3) is 0.625. The summed E-state index contributed by atoms with van der Waals surface area (Å²) < 4.78 is 2.05. The van der Waals surface area contributed by atoms with E-state index in [0.717, 1.165) is 22.4 Å². The number of rotatable bonds is 5. The van der Waals surface area contributed by atoms with E-state index < -0.39 is 0 Å². The van der Waals surface area contributed by atoms with Gasteiger partial charge in [0.15, 0.2) is 5.16 Å². The molecule has 1 heterocycles. The Balaban J connectivity index is 2.51. The minimum Gasteiger partial charge on any atom is -0.325 e. The van der Waals surface area contributed by atoms with Gasteiger partial charge in [-0.3, -0.25) is 0 Å². The van der Waals surface area contributed by atoms with E-state index in [1.165, 1.54) is 0 Å². The summed E-state index contributed by atoms with van der Waals surface area (Å²) in [5.41, 5.74) is 1.08. The monoisotopic (exact) mass is 236 g/mol. The van der Waals surface area contributed by atoms with E-state index in [2.05, 4.69) is 15.8 Å². The van der Waals surface area contributed by atoms with Crippen LogP contribution in [0.5, 0.6) is 0 Å². The Hall–Kier alpha value is 0.200. The molecule has 0 unspecified atom stereocenters. The number of imidazole rings is 1. The van der Waals surface area contributed by atoms with Crippen molar-refractivity contribution in [1.82, 2.24) is 9.55 Å². The van der Waals surface area contributed by atoms with Crippen molar-refractivity contribution in [3.63, 3.8) is 0 Å². The van der Waals surface area contributed by atoms with Crippen LogP contribution in [0, 0.1) is 0 Å². The SMILES string of the molecule is CSCCSc1ncc(CCl)n1C. The van der Waals surface area contributed by atoms with Gasteiger partial charge in [-0.25, -0.2) is 4.98 Å². The van der Waals surface area contributed by atoms with E-state index in [9.17, 15) is 0 Å². The summed E-state index contributed by atoms with van der Waals surface area (Å²) in [6, 6.07) is 0. The third-order valence-corrected chi connectivity index (χ3v) is 3.89. The van der Waals surface area contributed by atoms with E-state index >= 15 is 0 Å². The number of hydrogen-bond donors (Lipinski definition) is 0. The number of hydrogen-bond acceptors (Lipinski definition) is 3. The summed E-state index contributed by atoms with van der Waals surface area (Å²) in [6.07, 6.45) is 3.96. The summed E-state index contributed by atoms with van der Waals surface area (Å²) >= 11 is 9.37. The molecule has 0 saturated carbocycles. The first-order valence-electron chi connectivity index (χ1n) is 3.98. The maximum Gasteiger partial charge on any atom is 0.167 e. The maximum absolute atomic E-state index is 5.73. The van der Waals surface area contributed by atoms with Crippen molar-refractivity contribution in [2.24, 2.45) is 7.05 Å². The number of halogens is 1. The Morgan fingerprint density at radius 2 is 2.31 bits per heavy atom. The number of alkyl halides is 1. The van der Waals surface area contributed by atoms with Crippen LogP contribution >= 0.6 is 35.1 Å². The molecule has 0 aliphatic carbocycles. The molecule has 0 fully saturated rings. The quantitative estimate of drug-likeness (QED) is 0.445. The molecule has 0 bridgehead atoms. The summed E-state index contributed by atoms with van der Waals surface area (Å²) in [7, 11) is 2.01. The second kappa shape index (κ2) is 5.83. The Morgan fingerprint density at radius 1 is 1.54 bits per heavy atom. The lowest BCUT2D eigenvalue weighted by Crippen LogP contribution is -1.96. The molecule has 0 aliphatic heterocycles. The lowest BCUT2D eigenvalue weighted by Gasteiger charge is -2.02. The van der Waals surface area contributed by atoms with Crippen molar-refractivity contribution in [3.8, 4) is 0 Å². The first-order chi connectivity index (χ1) is 6.29. The Bertz CT molecular complexity index is 263. The number of nitrogens with zero attached hydrogens (tertiary/aromatic N) is 2. The third kappa shape index (κ3) is 3.11. The molecule has 1 aromatic rings. The molecule has 1 rings (SSSR count). The summed E-state index contributed by atoms with van der Waals surface area (Å²) in [4.78, 5) is 4.29. The van der Waals surface area contributed by atoms with Gasteiger partial charge in [0.2, 0.25) is 0 Å². The zero-order valence-corrected chi connectivity index (χ0v) is 10.2. The molecule has 5 heteroatoms. The van der Waals surface area contributed by atoms with Crippen molar-refractivity contribution in [3.05, 3.63) is 11.9 Å². The van der Waals surface area contributed by atoms with Gasteiger partial charge in [0.1, 0.15) is 0 Å². The van der Waals surface area contributed by atoms with Crippen LogP contribution in [-0.2, 0) is 12.9 Å². The van der Waals surface area contributed by atoms with Gasteiger partial charge in [0.25, 0.3) is 0 Å². The Kier molecular flexibility index (Phi) is 5.06. The second-order valence-electron chi connectivity index (χ2n) is 2.57. The largest absolute Gasteiger partial charge is 0.325 e. The van der Waals surface area contributed by atoms with Crippen LogP contribution in [0.4, 0.5) is 0 Å². The molecule has 0 aliphatic rings. The van der Waals surface area contributed by atoms with Gasteiger partial charge in [0.05, 0.1) is 17.8 Å². The summed E-state index contributed by atoms with van der Waals surface area (Å²) in [5, 5.41) is 1.06. The third-order valence-electron chi connectivity index (χ3n) is 1.70. The first-order valence-corrected chi connectivity index (χ1v) is 6.89. The summed E-state index contributed by atoms with van der Waals surface area (Å²) in [5.74, 6) is 2.80. The smallest absolute Gasteiger partial charge is 0.167 e. The minimum absolute atomic E-state index is 0.534. The van der Waals surface area contributed by atoms with E-state index in [1.807, 2.05) is 25.0 Å². The van der Waals surface area contributed by atoms with E-state index in [4.69, 9.17) is 11.6 Å². The zero-order valence-electron chi connectivity index (χ0n) is 7.79. The molecular weight excluding hydrogens is 224 g/mol. The van der Waals surface area contributed by atoms with Crippen LogP contribution in [0.3, 0.4) is 0 Å². The maximum atomic E-state index is 5.73. The molecule has 2 nitrogen and oxygen atoms in total. The average molecular weight is 237 g/mol. The van der Waals surface area contributed by atoms with Gasteiger partial charge in [-0.1, -0.05) is 11.8 Å². The van der Waals surface area contributed by atoms with Gasteiger partial charge >= 0.3 is 0 Å². The number of thioether (sulfide) groups is 2. The summed E-state index contributed by atoms with van der Waals surface area (Å²) in [6.45, 7) is 0. The first kappa shape index (κ1) is 11.3. The van der Waals surface area contributed by atoms with Gasteiger partial charge in [0, 0.05) is 18.6 Å². The lowest BCUT2D eigenvalue weighted by molar-refractivity contribution is 0.761. The standard InChI is InChI=1S/C8H13ClN2S2/c1-11-7(5-9)6-10-8(11)13-4-3-12-2/h6H,3-5H2,1-2H3. The molecule has 13 heavy (non-hydrogen) atoms. The van der Waals surface area contributed by atoms with Gasteiger partial charge in [-0.05, 0) is 6.26 Å². The molecule has 0 atom stereocenters. The molecule has 0 radical (unpaired) electrons. The topological polar surface area (TPSA) is 17.8 Å². The van der Waals surface area contributed by atoms with Crippen LogP contribution in [0.25, 0.3) is 0 Å². The minimum atomic E-state index is 0.534. The van der Waals surface area contributed by atoms with Crippen LogP contribution in [0.2, 0.25) is 0 Å². The highest BCUT2D eigenvalue weighted by Crippen LogP contribution is 2.18. The lowest BCUT2D eigenvalue weighted by atomic mass is 10.5. The van der Waals surface area contributed by atoms with Crippen molar-refractivity contribution in [2.75, 3.05) is 17.8 Å². The molecule has 74 valence electrons. The van der Waals surface area contributed by atoms with Gasteiger partial charge in [-0.15, -0.1) is 11.6 Å². The van der Waals surface area contributed by atoms with Crippen LogP contribution in [0.15, 0.2) is 11.4 Å². The fourth-order valence-corrected chi connectivity index (χ4v) is 2.77. The molecule has 0 saturated heterocycles. The Labute approximate surface area is 92.4 Å². The predicted octanol–water partition coefficient (Wildman–Crippen LogP) is 2.61. The average Bonchev–Trinajstić information content (AvgIpc) is 2.48. The van der Waals surface area contributed by atoms with Crippen molar-refractivity contribution in [2.45, 2.75) is 11.0 Å². The molecule has 1 aromatic heterocycles. The molecule has 0 spiro atoms. The van der Waals surface area contributed by atoms with Gasteiger partial charge in [-0.2, -0.15) is 11.8 Å². The highest BCUT2D eigenvalue weighted by Gasteiger charge is 2.04. The van der Waals surface area contributed by atoms with Crippen LogP contribution in [0.1, 0.15) is 5.69 Å². The number of aromatic nitrogens is 2. The van der Waals surface area contributed by atoms with E-state index in [1.54, 1.807) is 11.8 Å². The zero-order chi connectivity index (χ0) is 9.68. The normalized spacial score (nSPS) is 10.7. The fourth-order valence-electron chi connectivity index (χ4n) is 0.900. The predicted molar refractivity (Wildman–Crippen MR) is 61.9 cm³/mol. The molecule has 0 N–H and O–H groups in total. The van der Waals surface area contributed by atoms with Crippen molar-refractivity contribution >= 4 is 35.1 Å². The van der Waals surface area contributed by atoms with Crippen molar-refractivity contribution in [1.29, 1.82) is 0 Å².